The Labute approximate surface area is 196 Å². The van der Waals surface area contributed by atoms with E-state index in [9.17, 15) is 23.6 Å². The van der Waals surface area contributed by atoms with E-state index >= 15 is 4.39 Å². The summed E-state index contributed by atoms with van der Waals surface area (Å²) < 4.78 is 31.1. The lowest BCUT2D eigenvalue weighted by atomic mass is 9.69. The van der Waals surface area contributed by atoms with Gasteiger partial charge in [0, 0.05) is 44.6 Å². The lowest BCUT2D eigenvalue weighted by molar-refractivity contribution is -0.153. The average molecular weight is 483 g/mol. The standard InChI is InChI=1S/C22H32F2N6O4/c1-13(2)26-20(34)30(15(18(25)32)12-21(24)7-4-5-8-21)22(10-14(23)11-22)17(31)19(33)27-16-6-9-29(3)28-16/h6,9,13-15H,4-5,7-8,10-12H2,1-3H3,(H2,25,32)(H,26,34)(H,27,28,33). The molecule has 4 N–H and O–H groups in total. The summed E-state index contributed by atoms with van der Waals surface area (Å²) in [5.41, 5.74) is 1.88. The van der Waals surface area contributed by atoms with Crippen LogP contribution in [0.25, 0.3) is 0 Å². The van der Waals surface area contributed by atoms with Crippen molar-refractivity contribution in [2.75, 3.05) is 5.32 Å². The van der Waals surface area contributed by atoms with Crippen LogP contribution >= 0.6 is 0 Å². The number of amides is 4. The summed E-state index contributed by atoms with van der Waals surface area (Å²) in [4.78, 5) is 52.9. The molecule has 34 heavy (non-hydrogen) atoms. The number of ketones is 1. The molecular formula is C22H32F2N6O4. The number of urea groups is 1. The Kier molecular flexibility index (Phi) is 7.27. The van der Waals surface area contributed by atoms with Gasteiger partial charge < -0.3 is 16.4 Å². The second-order valence-electron chi connectivity index (χ2n) is 9.65. The van der Waals surface area contributed by atoms with Gasteiger partial charge in [-0.15, -0.1) is 0 Å². The first-order valence-corrected chi connectivity index (χ1v) is 11.4. The zero-order valence-electron chi connectivity index (χ0n) is 19.6. The van der Waals surface area contributed by atoms with Gasteiger partial charge in [-0.1, -0.05) is 12.8 Å². The zero-order chi connectivity index (χ0) is 25.3. The molecule has 0 spiro atoms. The van der Waals surface area contributed by atoms with Crippen LogP contribution in [-0.4, -0.2) is 67.8 Å². The minimum atomic E-state index is -1.98. The predicted octanol–water partition coefficient (Wildman–Crippen LogP) is 1.74. The Morgan fingerprint density at radius 1 is 1.26 bits per heavy atom. The van der Waals surface area contributed by atoms with Gasteiger partial charge in [0.25, 0.3) is 5.91 Å². The summed E-state index contributed by atoms with van der Waals surface area (Å²) in [6.45, 7) is 3.31. The highest BCUT2D eigenvalue weighted by Gasteiger charge is 2.61. The van der Waals surface area contributed by atoms with Crippen LogP contribution in [0, 0.1) is 0 Å². The molecule has 3 rings (SSSR count). The molecular weight excluding hydrogens is 450 g/mol. The summed E-state index contributed by atoms with van der Waals surface area (Å²) in [5.74, 6) is -3.17. The fourth-order valence-electron chi connectivity index (χ4n) is 4.86. The minimum Gasteiger partial charge on any atom is -0.368 e. The summed E-state index contributed by atoms with van der Waals surface area (Å²) >= 11 is 0. The van der Waals surface area contributed by atoms with Gasteiger partial charge in [0.2, 0.25) is 11.7 Å². The van der Waals surface area contributed by atoms with E-state index in [1.54, 1.807) is 27.1 Å². The summed E-state index contributed by atoms with van der Waals surface area (Å²) in [7, 11) is 1.61. The maximum Gasteiger partial charge on any atom is 0.319 e. The smallest absolute Gasteiger partial charge is 0.319 e. The highest BCUT2D eigenvalue weighted by atomic mass is 19.1. The van der Waals surface area contributed by atoms with Crippen molar-refractivity contribution < 1.29 is 28.0 Å². The van der Waals surface area contributed by atoms with Crippen molar-refractivity contribution >= 4 is 29.4 Å². The number of Topliss-reactive ketones (excluding diaryl/α,β-unsaturated/α-hetero) is 1. The highest BCUT2D eigenvalue weighted by molar-refractivity contribution is 6.44. The first-order chi connectivity index (χ1) is 15.9. The molecule has 10 nitrogen and oxygen atoms in total. The molecule has 0 bridgehead atoms. The molecule has 1 aromatic heterocycles. The van der Waals surface area contributed by atoms with Crippen molar-refractivity contribution in [1.82, 2.24) is 20.0 Å². The molecule has 0 aromatic carbocycles. The van der Waals surface area contributed by atoms with Crippen molar-refractivity contribution in [2.45, 2.75) is 88.3 Å². The van der Waals surface area contributed by atoms with Gasteiger partial charge in [-0.3, -0.25) is 24.0 Å². The third kappa shape index (κ3) is 5.20. The molecule has 1 heterocycles. The van der Waals surface area contributed by atoms with E-state index in [-0.39, 0.29) is 18.7 Å². The number of nitrogens with two attached hydrogens (primary N) is 1. The van der Waals surface area contributed by atoms with Crippen molar-refractivity contribution in [3.63, 3.8) is 0 Å². The first-order valence-electron chi connectivity index (χ1n) is 11.4. The Balaban J connectivity index is 1.99. The SMILES string of the molecule is CC(C)NC(=O)N(C(CC1(F)CCCC1)C(N)=O)C1(C(=O)C(=O)Nc2ccn(C)n2)CC(F)C1. The third-order valence-corrected chi connectivity index (χ3v) is 6.49. The summed E-state index contributed by atoms with van der Waals surface area (Å²) in [5, 5.41) is 8.90. The molecule has 0 radical (unpaired) electrons. The van der Waals surface area contributed by atoms with Crippen molar-refractivity contribution in [3.05, 3.63) is 12.3 Å². The molecule has 1 aromatic rings. The zero-order valence-corrected chi connectivity index (χ0v) is 19.6. The van der Waals surface area contributed by atoms with Gasteiger partial charge in [-0.05, 0) is 26.7 Å². The first kappa shape index (κ1) is 25.6. The van der Waals surface area contributed by atoms with Crippen LogP contribution in [0.1, 0.15) is 58.8 Å². The minimum absolute atomic E-state index is 0.0884. The van der Waals surface area contributed by atoms with Gasteiger partial charge in [-0.25, -0.2) is 13.6 Å². The normalized spacial score (nSPS) is 24.2. The van der Waals surface area contributed by atoms with Gasteiger partial charge in [-0.2, -0.15) is 5.10 Å². The predicted molar refractivity (Wildman–Crippen MR) is 119 cm³/mol. The fraction of sp³-hybridized carbons (Fsp3) is 0.682. The largest absolute Gasteiger partial charge is 0.368 e. The highest BCUT2D eigenvalue weighted by Crippen LogP contribution is 2.45. The number of aromatic nitrogens is 2. The molecule has 2 aliphatic rings. The molecule has 0 saturated heterocycles. The second-order valence-corrected chi connectivity index (χ2v) is 9.65. The summed E-state index contributed by atoms with van der Waals surface area (Å²) in [6.07, 6.45) is 0.220. The number of hydrogen-bond donors (Lipinski definition) is 3. The Bertz CT molecular complexity index is 953. The van der Waals surface area contributed by atoms with E-state index in [1.165, 1.54) is 10.7 Å². The second kappa shape index (κ2) is 9.67. The van der Waals surface area contributed by atoms with Crippen LogP contribution < -0.4 is 16.4 Å². The van der Waals surface area contributed by atoms with E-state index in [1.807, 2.05) is 0 Å². The maximum atomic E-state index is 15.4. The van der Waals surface area contributed by atoms with E-state index in [0.717, 1.165) is 4.90 Å². The topological polar surface area (TPSA) is 139 Å². The van der Waals surface area contributed by atoms with Crippen molar-refractivity contribution in [1.29, 1.82) is 0 Å². The average Bonchev–Trinajstić information content (AvgIpc) is 3.32. The lowest BCUT2D eigenvalue weighted by Crippen LogP contribution is -2.73. The number of nitrogens with zero attached hydrogens (tertiary/aromatic N) is 3. The number of rotatable bonds is 9. The fourth-order valence-corrected chi connectivity index (χ4v) is 4.86. The van der Waals surface area contributed by atoms with Crippen LogP contribution in [0.2, 0.25) is 0 Å². The van der Waals surface area contributed by atoms with Crippen LogP contribution in [0.15, 0.2) is 12.3 Å². The van der Waals surface area contributed by atoms with Gasteiger partial charge in [0.1, 0.15) is 23.4 Å². The number of hydrogen-bond acceptors (Lipinski definition) is 5. The monoisotopic (exact) mass is 482 g/mol. The maximum absolute atomic E-state index is 15.4. The molecule has 0 aliphatic heterocycles. The molecule has 188 valence electrons. The number of nitrogens with one attached hydrogen (secondary N) is 2. The van der Waals surface area contributed by atoms with E-state index in [4.69, 9.17) is 5.73 Å². The van der Waals surface area contributed by atoms with E-state index < -0.39 is 72.4 Å². The van der Waals surface area contributed by atoms with E-state index in [0.29, 0.717) is 12.8 Å². The molecule has 2 aliphatic carbocycles. The van der Waals surface area contributed by atoms with Crippen molar-refractivity contribution in [2.24, 2.45) is 12.8 Å². The molecule has 2 saturated carbocycles. The Hall–Kier alpha value is -3.05. The van der Waals surface area contributed by atoms with Crippen LogP contribution in [-0.2, 0) is 21.4 Å². The number of halogens is 2. The summed E-state index contributed by atoms with van der Waals surface area (Å²) in [6, 6.07) is -1.38. The Morgan fingerprint density at radius 3 is 2.35 bits per heavy atom. The quantitative estimate of drug-likeness (QED) is 0.460. The molecule has 4 amide bonds. The molecule has 12 heteroatoms. The number of alkyl halides is 2. The third-order valence-electron chi connectivity index (χ3n) is 6.49. The van der Waals surface area contributed by atoms with Gasteiger partial charge in [0.05, 0.1) is 0 Å². The number of anilines is 1. The number of carbonyl (C=O) groups is 4. The van der Waals surface area contributed by atoms with E-state index in [2.05, 4.69) is 15.7 Å². The number of primary amides is 1. The molecule has 2 fully saturated rings. The van der Waals surface area contributed by atoms with Crippen molar-refractivity contribution in [3.8, 4) is 0 Å². The number of aryl methyl sites for hydroxylation is 1. The number of carbonyl (C=O) groups excluding carboxylic acids is 4. The van der Waals surface area contributed by atoms with Gasteiger partial charge in [0.15, 0.2) is 5.82 Å². The molecule has 1 unspecified atom stereocenters. The Morgan fingerprint density at radius 2 is 1.88 bits per heavy atom. The van der Waals surface area contributed by atoms with Gasteiger partial charge >= 0.3 is 6.03 Å². The van der Waals surface area contributed by atoms with Crippen LogP contribution in [0.3, 0.4) is 0 Å². The lowest BCUT2D eigenvalue weighted by Gasteiger charge is -2.52. The van der Waals surface area contributed by atoms with Crippen LogP contribution in [0.5, 0.6) is 0 Å². The molecule has 1 atom stereocenters. The van der Waals surface area contributed by atoms with Crippen LogP contribution in [0.4, 0.5) is 19.4 Å².